The van der Waals surface area contributed by atoms with Crippen molar-refractivity contribution in [3.63, 3.8) is 0 Å². The van der Waals surface area contributed by atoms with Gasteiger partial charge in [0.15, 0.2) is 0 Å². The van der Waals surface area contributed by atoms with Gasteiger partial charge in [0.25, 0.3) is 0 Å². The van der Waals surface area contributed by atoms with Gasteiger partial charge < -0.3 is 14.1 Å². The Kier molecular flexibility index (Phi) is 3.39. The second-order valence-electron chi connectivity index (χ2n) is 5.92. The number of aryl methyl sites for hydroxylation is 1. The lowest BCUT2D eigenvalue weighted by molar-refractivity contribution is -0.148. The van der Waals surface area contributed by atoms with Gasteiger partial charge in [-0.2, -0.15) is 0 Å². The summed E-state index contributed by atoms with van der Waals surface area (Å²) < 4.78 is 10.5. The summed E-state index contributed by atoms with van der Waals surface area (Å²) in [4.78, 5) is 24.9. The molecule has 0 atom stereocenters. The van der Waals surface area contributed by atoms with E-state index in [2.05, 4.69) is 0 Å². The largest absolute Gasteiger partial charge is 0.486 e. The van der Waals surface area contributed by atoms with Gasteiger partial charge in [-0.3, -0.25) is 4.79 Å². The highest BCUT2D eigenvalue weighted by Gasteiger charge is 2.37. The maximum Gasteiger partial charge on any atom is 0.339 e. The fraction of sp³-hybridized carbons (Fsp3) is 0.571. The summed E-state index contributed by atoms with van der Waals surface area (Å²) in [7, 11) is 0. The molecule has 0 N–H and O–H groups in total. The van der Waals surface area contributed by atoms with Crippen LogP contribution in [-0.2, 0) is 4.79 Å². The fourth-order valence-electron chi connectivity index (χ4n) is 1.99. The van der Waals surface area contributed by atoms with Gasteiger partial charge in [-0.25, -0.2) is 4.79 Å². The Hall–Kier alpha value is -1.78. The third-order valence-electron chi connectivity index (χ3n) is 2.95. The van der Waals surface area contributed by atoms with E-state index in [0.29, 0.717) is 24.6 Å². The summed E-state index contributed by atoms with van der Waals surface area (Å²) in [6.07, 6.45) is -0.0486. The van der Waals surface area contributed by atoms with E-state index in [1.165, 1.54) is 6.07 Å². The average molecular weight is 265 g/mol. The predicted octanol–water partition coefficient (Wildman–Crippen LogP) is 1.58. The minimum absolute atomic E-state index is 0.0486. The molecule has 5 heteroatoms. The van der Waals surface area contributed by atoms with Crippen molar-refractivity contribution in [1.82, 2.24) is 4.90 Å². The number of carbonyl (C=O) groups is 1. The first-order valence-corrected chi connectivity index (χ1v) is 6.33. The Morgan fingerprint density at radius 1 is 1.37 bits per heavy atom. The third kappa shape index (κ3) is 3.16. The number of ether oxygens (including phenoxy) is 1. The summed E-state index contributed by atoms with van der Waals surface area (Å²) in [6, 6.07) is 3.00. The smallest absolute Gasteiger partial charge is 0.339 e. The number of hydrogen-bond donors (Lipinski definition) is 0. The molecular formula is C14H19NO4. The first-order valence-electron chi connectivity index (χ1n) is 6.33. The van der Waals surface area contributed by atoms with Crippen LogP contribution in [0.15, 0.2) is 21.3 Å². The SMILES string of the molecule is Cc1cc(OC2CN(C(=O)C(C)(C)C)C2)cc(=O)o1. The van der Waals surface area contributed by atoms with Crippen LogP contribution in [-0.4, -0.2) is 30.0 Å². The maximum absolute atomic E-state index is 12.0. The minimum Gasteiger partial charge on any atom is -0.486 e. The molecule has 2 heterocycles. The molecule has 1 aromatic rings. The van der Waals surface area contributed by atoms with E-state index in [9.17, 15) is 9.59 Å². The molecule has 1 aromatic heterocycles. The Bertz CT molecular complexity index is 535. The van der Waals surface area contributed by atoms with E-state index in [0.717, 1.165) is 0 Å². The number of carbonyl (C=O) groups excluding carboxylic acids is 1. The van der Waals surface area contributed by atoms with Crippen LogP contribution in [0.1, 0.15) is 26.5 Å². The molecule has 0 saturated carbocycles. The van der Waals surface area contributed by atoms with E-state index in [-0.39, 0.29) is 17.4 Å². The molecule has 1 fully saturated rings. The highest BCUT2D eigenvalue weighted by Crippen LogP contribution is 2.24. The van der Waals surface area contributed by atoms with Gasteiger partial charge in [-0.05, 0) is 6.92 Å². The molecule has 0 unspecified atom stereocenters. The second kappa shape index (κ2) is 4.72. The summed E-state index contributed by atoms with van der Waals surface area (Å²) in [5.74, 6) is 1.14. The highest BCUT2D eigenvalue weighted by atomic mass is 16.5. The molecule has 5 nitrogen and oxygen atoms in total. The van der Waals surface area contributed by atoms with Crippen LogP contribution in [0.3, 0.4) is 0 Å². The van der Waals surface area contributed by atoms with E-state index in [1.54, 1.807) is 17.9 Å². The van der Waals surface area contributed by atoms with Gasteiger partial charge >= 0.3 is 5.63 Å². The Morgan fingerprint density at radius 2 is 2.00 bits per heavy atom. The van der Waals surface area contributed by atoms with Crippen LogP contribution in [0, 0.1) is 12.3 Å². The van der Waals surface area contributed by atoms with Crippen molar-refractivity contribution >= 4 is 5.91 Å². The molecule has 1 aliphatic heterocycles. The highest BCUT2D eigenvalue weighted by molar-refractivity contribution is 5.82. The lowest BCUT2D eigenvalue weighted by atomic mass is 9.93. The van der Waals surface area contributed by atoms with Crippen LogP contribution in [0.2, 0.25) is 0 Å². The number of likely N-dealkylation sites (tertiary alicyclic amines) is 1. The van der Waals surface area contributed by atoms with Gasteiger partial charge in [0.2, 0.25) is 5.91 Å². The van der Waals surface area contributed by atoms with Crippen molar-refractivity contribution in [2.45, 2.75) is 33.8 Å². The van der Waals surface area contributed by atoms with E-state index < -0.39 is 5.63 Å². The molecule has 2 rings (SSSR count). The monoisotopic (exact) mass is 265 g/mol. The van der Waals surface area contributed by atoms with Crippen molar-refractivity contribution in [3.05, 3.63) is 28.3 Å². The zero-order valence-corrected chi connectivity index (χ0v) is 11.7. The molecule has 0 aliphatic carbocycles. The van der Waals surface area contributed by atoms with Crippen LogP contribution in [0.25, 0.3) is 0 Å². The van der Waals surface area contributed by atoms with Gasteiger partial charge in [0.05, 0.1) is 19.2 Å². The van der Waals surface area contributed by atoms with E-state index in [1.807, 2.05) is 20.8 Å². The van der Waals surface area contributed by atoms with Crippen LogP contribution in [0.5, 0.6) is 5.75 Å². The first kappa shape index (κ1) is 13.6. The molecule has 0 radical (unpaired) electrons. The molecule has 0 aromatic carbocycles. The maximum atomic E-state index is 12.0. The lowest BCUT2D eigenvalue weighted by Gasteiger charge is -2.41. The molecule has 0 spiro atoms. The fourth-order valence-corrected chi connectivity index (χ4v) is 1.99. The second-order valence-corrected chi connectivity index (χ2v) is 5.92. The van der Waals surface area contributed by atoms with Crippen molar-refractivity contribution in [2.75, 3.05) is 13.1 Å². The normalized spacial score (nSPS) is 16.1. The molecule has 19 heavy (non-hydrogen) atoms. The van der Waals surface area contributed by atoms with Gasteiger partial charge in [-0.15, -0.1) is 0 Å². The number of rotatable bonds is 2. The summed E-state index contributed by atoms with van der Waals surface area (Å²) >= 11 is 0. The molecule has 1 saturated heterocycles. The molecule has 1 aliphatic rings. The minimum atomic E-state index is -0.419. The summed E-state index contributed by atoms with van der Waals surface area (Å²) in [6.45, 7) is 8.52. The average Bonchev–Trinajstić information content (AvgIpc) is 2.19. The topological polar surface area (TPSA) is 59.8 Å². The van der Waals surface area contributed by atoms with Gasteiger partial charge in [0.1, 0.15) is 17.6 Å². The van der Waals surface area contributed by atoms with Gasteiger partial charge in [-0.1, -0.05) is 20.8 Å². The van der Waals surface area contributed by atoms with Crippen molar-refractivity contribution in [2.24, 2.45) is 5.41 Å². The van der Waals surface area contributed by atoms with Crippen molar-refractivity contribution in [1.29, 1.82) is 0 Å². The summed E-state index contributed by atoms with van der Waals surface area (Å²) in [5.41, 5.74) is -0.785. The zero-order chi connectivity index (χ0) is 14.2. The third-order valence-corrected chi connectivity index (χ3v) is 2.95. The standard InChI is InChI=1S/C14H19NO4/c1-9-5-10(6-12(16)18-9)19-11-7-15(8-11)13(17)14(2,3)4/h5-6,11H,7-8H2,1-4H3. The Labute approximate surface area is 112 Å². The first-order chi connectivity index (χ1) is 8.75. The molecular weight excluding hydrogens is 246 g/mol. The quantitative estimate of drug-likeness (QED) is 0.814. The number of nitrogens with zero attached hydrogens (tertiary/aromatic N) is 1. The van der Waals surface area contributed by atoms with Gasteiger partial charge in [0, 0.05) is 11.5 Å². The van der Waals surface area contributed by atoms with Crippen molar-refractivity contribution in [3.8, 4) is 5.75 Å². The van der Waals surface area contributed by atoms with Crippen LogP contribution in [0.4, 0.5) is 0 Å². The van der Waals surface area contributed by atoms with Crippen LogP contribution >= 0.6 is 0 Å². The van der Waals surface area contributed by atoms with E-state index >= 15 is 0 Å². The van der Waals surface area contributed by atoms with E-state index in [4.69, 9.17) is 9.15 Å². The number of hydrogen-bond acceptors (Lipinski definition) is 4. The van der Waals surface area contributed by atoms with Crippen molar-refractivity contribution < 1.29 is 13.9 Å². The summed E-state index contributed by atoms with van der Waals surface area (Å²) in [5, 5.41) is 0. The Balaban J connectivity index is 1.92. The molecule has 0 bridgehead atoms. The lowest BCUT2D eigenvalue weighted by Crippen LogP contribution is -2.58. The Morgan fingerprint density at radius 3 is 2.53 bits per heavy atom. The zero-order valence-electron chi connectivity index (χ0n) is 11.7. The molecule has 104 valence electrons. The predicted molar refractivity (Wildman–Crippen MR) is 70.2 cm³/mol. The number of amides is 1. The molecule has 1 amide bonds. The van der Waals surface area contributed by atoms with Crippen LogP contribution < -0.4 is 10.4 Å².